The van der Waals surface area contributed by atoms with Crippen LogP contribution in [0.4, 0.5) is 16.5 Å². The number of benzene rings is 2. The van der Waals surface area contributed by atoms with E-state index in [1.807, 2.05) is 0 Å². The first-order valence-electron chi connectivity index (χ1n) is 8.42. The topological polar surface area (TPSA) is 116 Å². The second-order valence-electron chi connectivity index (χ2n) is 5.52. The number of carbonyl (C=O) groups is 2. The lowest BCUT2D eigenvalue weighted by atomic mass is 10.2. The van der Waals surface area contributed by atoms with E-state index in [2.05, 4.69) is 20.8 Å². The first kappa shape index (κ1) is 18.9. The van der Waals surface area contributed by atoms with Gasteiger partial charge in [0.2, 0.25) is 5.89 Å². The van der Waals surface area contributed by atoms with Crippen LogP contribution in [0.1, 0.15) is 17.3 Å². The third kappa shape index (κ3) is 4.64. The number of anilines is 2. The summed E-state index contributed by atoms with van der Waals surface area (Å²) in [6.07, 6.45) is -0.559. The van der Waals surface area contributed by atoms with E-state index in [1.54, 1.807) is 62.6 Å². The highest BCUT2D eigenvalue weighted by Crippen LogP contribution is 2.22. The Morgan fingerprint density at radius 2 is 1.71 bits per heavy atom. The molecule has 144 valence electrons. The number of amides is 2. The fourth-order valence-corrected chi connectivity index (χ4v) is 2.28. The van der Waals surface area contributed by atoms with Gasteiger partial charge in [-0.2, -0.15) is 0 Å². The summed E-state index contributed by atoms with van der Waals surface area (Å²) in [5.41, 5.74) is 1.57. The Hall–Kier alpha value is -3.88. The summed E-state index contributed by atoms with van der Waals surface area (Å²) in [4.78, 5) is 23.7. The number of nitrogens with zero attached hydrogens (tertiary/aromatic N) is 2. The largest absolute Gasteiger partial charge is 0.497 e. The quantitative estimate of drug-likeness (QED) is 0.669. The van der Waals surface area contributed by atoms with Gasteiger partial charge in [-0.15, -0.1) is 5.10 Å². The lowest BCUT2D eigenvalue weighted by Gasteiger charge is -2.06. The summed E-state index contributed by atoms with van der Waals surface area (Å²) in [5, 5.41) is 12.8. The van der Waals surface area contributed by atoms with Gasteiger partial charge in [-0.25, -0.2) is 4.79 Å². The number of methoxy groups -OCH3 is 1. The zero-order valence-electron chi connectivity index (χ0n) is 15.3. The second kappa shape index (κ2) is 8.67. The van der Waals surface area contributed by atoms with Gasteiger partial charge in [0.05, 0.1) is 13.7 Å². The average molecular weight is 382 g/mol. The Kier molecular flexibility index (Phi) is 5.85. The minimum atomic E-state index is -0.559. The lowest BCUT2D eigenvalue weighted by Crippen LogP contribution is -2.14. The molecule has 28 heavy (non-hydrogen) atoms. The Labute approximate surface area is 160 Å². The molecule has 0 bridgehead atoms. The maximum absolute atomic E-state index is 12.3. The molecule has 3 rings (SSSR count). The van der Waals surface area contributed by atoms with Crippen molar-refractivity contribution in [2.45, 2.75) is 6.92 Å². The molecule has 9 heteroatoms. The fraction of sp³-hybridized carbons (Fsp3) is 0.158. The number of aromatic nitrogens is 2. The highest BCUT2D eigenvalue weighted by molar-refractivity contribution is 6.03. The van der Waals surface area contributed by atoms with Crippen LogP contribution in [0.3, 0.4) is 0 Å². The minimum absolute atomic E-state index is 0.0236. The van der Waals surface area contributed by atoms with E-state index in [4.69, 9.17) is 13.9 Å². The maximum atomic E-state index is 12.3. The number of ether oxygens (including phenoxy) is 2. The number of carbonyl (C=O) groups excluding carboxylic acids is 2. The van der Waals surface area contributed by atoms with Gasteiger partial charge >= 0.3 is 12.1 Å². The van der Waals surface area contributed by atoms with Gasteiger partial charge in [-0.05, 0) is 55.5 Å². The van der Waals surface area contributed by atoms with E-state index >= 15 is 0 Å². The molecule has 1 aromatic heterocycles. The van der Waals surface area contributed by atoms with Crippen molar-refractivity contribution in [2.75, 3.05) is 24.4 Å². The molecular weight excluding hydrogens is 364 g/mol. The molecule has 0 saturated carbocycles. The normalized spacial score (nSPS) is 10.2. The third-order valence-corrected chi connectivity index (χ3v) is 3.65. The molecule has 2 aromatic carbocycles. The highest BCUT2D eigenvalue weighted by Gasteiger charge is 2.13. The summed E-state index contributed by atoms with van der Waals surface area (Å²) in [6, 6.07) is 13.3. The van der Waals surface area contributed by atoms with Crippen LogP contribution in [0.15, 0.2) is 52.9 Å². The Morgan fingerprint density at radius 1 is 1.00 bits per heavy atom. The Balaban J connectivity index is 1.63. The van der Waals surface area contributed by atoms with E-state index in [0.29, 0.717) is 22.6 Å². The Morgan fingerprint density at radius 3 is 2.36 bits per heavy atom. The summed E-state index contributed by atoms with van der Waals surface area (Å²) in [6.45, 7) is 1.99. The zero-order chi connectivity index (χ0) is 19.9. The van der Waals surface area contributed by atoms with Crippen LogP contribution in [0, 0.1) is 0 Å². The molecule has 0 aliphatic heterocycles. The Bertz CT molecular complexity index is 951. The van der Waals surface area contributed by atoms with E-state index < -0.39 is 12.0 Å². The van der Waals surface area contributed by atoms with E-state index in [-0.39, 0.29) is 18.5 Å². The fourth-order valence-electron chi connectivity index (χ4n) is 2.28. The standard InChI is InChI=1S/C19H18N4O5/c1-3-27-19(25)20-14-8-4-12(5-9-14)16(24)21-18-23-22-17(28-18)13-6-10-15(26-2)11-7-13/h4-11H,3H2,1-2H3,(H,20,25)(H,21,23,24). The molecule has 0 atom stereocenters. The lowest BCUT2D eigenvalue weighted by molar-refractivity contribution is 0.102. The summed E-state index contributed by atoms with van der Waals surface area (Å²) in [7, 11) is 1.58. The molecule has 1 heterocycles. The van der Waals surface area contributed by atoms with Gasteiger partial charge in [0, 0.05) is 16.8 Å². The highest BCUT2D eigenvalue weighted by atomic mass is 16.5. The first-order chi connectivity index (χ1) is 13.6. The molecular formula is C19H18N4O5. The predicted octanol–water partition coefficient (Wildman–Crippen LogP) is 3.57. The van der Waals surface area contributed by atoms with Crippen molar-refractivity contribution < 1.29 is 23.5 Å². The van der Waals surface area contributed by atoms with Crippen molar-refractivity contribution in [1.29, 1.82) is 0 Å². The van der Waals surface area contributed by atoms with Crippen LogP contribution >= 0.6 is 0 Å². The molecule has 0 radical (unpaired) electrons. The van der Waals surface area contributed by atoms with Crippen molar-refractivity contribution >= 4 is 23.7 Å². The molecule has 0 spiro atoms. The van der Waals surface area contributed by atoms with E-state index in [9.17, 15) is 9.59 Å². The number of hydrogen-bond acceptors (Lipinski definition) is 7. The molecule has 0 aliphatic rings. The van der Waals surface area contributed by atoms with Gasteiger partial charge in [0.25, 0.3) is 5.91 Å². The van der Waals surface area contributed by atoms with Gasteiger partial charge in [0.15, 0.2) is 0 Å². The van der Waals surface area contributed by atoms with Crippen molar-refractivity contribution in [2.24, 2.45) is 0 Å². The maximum Gasteiger partial charge on any atom is 0.411 e. The van der Waals surface area contributed by atoms with Crippen LogP contribution in [0.25, 0.3) is 11.5 Å². The minimum Gasteiger partial charge on any atom is -0.497 e. The average Bonchev–Trinajstić information content (AvgIpc) is 3.17. The number of hydrogen-bond donors (Lipinski definition) is 2. The molecule has 9 nitrogen and oxygen atoms in total. The SMILES string of the molecule is CCOC(=O)Nc1ccc(C(=O)Nc2nnc(-c3ccc(OC)cc3)o2)cc1. The van der Waals surface area contributed by atoms with Crippen molar-refractivity contribution in [3.63, 3.8) is 0 Å². The van der Waals surface area contributed by atoms with Crippen LogP contribution < -0.4 is 15.4 Å². The smallest absolute Gasteiger partial charge is 0.411 e. The van der Waals surface area contributed by atoms with Crippen molar-refractivity contribution in [3.8, 4) is 17.2 Å². The molecule has 0 saturated heterocycles. The molecule has 3 aromatic rings. The van der Waals surface area contributed by atoms with Crippen molar-refractivity contribution in [3.05, 3.63) is 54.1 Å². The van der Waals surface area contributed by atoms with Gasteiger partial charge in [0.1, 0.15) is 5.75 Å². The molecule has 0 fully saturated rings. The second-order valence-corrected chi connectivity index (χ2v) is 5.52. The van der Waals surface area contributed by atoms with E-state index in [1.165, 1.54) is 0 Å². The van der Waals surface area contributed by atoms with Gasteiger partial charge in [-0.3, -0.25) is 15.4 Å². The monoisotopic (exact) mass is 382 g/mol. The van der Waals surface area contributed by atoms with Crippen LogP contribution in [0.5, 0.6) is 5.75 Å². The zero-order valence-corrected chi connectivity index (χ0v) is 15.3. The molecule has 2 amide bonds. The summed E-state index contributed by atoms with van der Waals surface area (Å²) < 4.78 is 15.4. The summed E-state index contributed by atoms with van der Waals surface area (Å²) >= 11 is 0. The number of rotatable bonds is 6. The predicted molar refractivity (Wildman–Crippen MR) is 101 cm³/mol. The van der Waals surface area contributed by atoms with Crippen molar-refractivity contribution in [1.82, 2.24) is 10.2 Å². The molecule has 0 unspecified atom stereocenters. The van der Waals surface area contributed by atoms with E-state index in [0.717, 1.165) is 0 Å². The number of nitrogens with one attached hydrogen (secondary N) is 2. The van der Waals surface area contributed by atoms with Crippen LogP contribution in [-0.4, -0.2) is 35.9 Å². The van der Waals surface area contributed by atoms with Crippen LogP contribution in [0.2, 0.25) is 0 Å². The first-order valence-corrected chi connectivity index (χ1v) is 8.42. The molecule has 2 N–H and O–H groups in total. The van der Waals surface area contributed by atoms with Gasteiger partial charge < -0.3 is 13.9 Å². The molecule has 0 aliphatic carbocycles. The third-order valence-electron chi connectivity index (χ3n) is 3.65. The van der Waals surface area contributed by atoms with Gasteiger partial charge in [-0.1, -0.05) is 5.10 Å². The summed E-state index contributed by atoms with van der Waals surface area (Å²) in [5.74, 6) is 0.553. The van der Waals surface area contributed by atoms with Crippen LogP contribution in [-0.2, 0) is 4.74 Å².